The number of fused-ring (bicyclic) bond motifs is 1. The van der Waals surface area contributed by atoms with E-state index in [-0.39, 0.29) is 34.8 Å². The number of nitro groups is 1. The van der Waals surface area contributed by atoms with E-state index in [1.807, 2.05) is 0 Å². The van der Waals surface area contributed by atoms with Gasteiger partial charge in [-0.05, 0) is 31.4 Å². The Labute approximate surface area is 146 Å². The number of hydrogen-bond acceptors (Lipinski definition) is 5. The molecule has 1 N–H and O–H groups in total. The van der Waals surface area contributed by atoms with E-state index in [0.717, 1.165) is 30.7 Å². The minimum atomic E-state index is -5.09. The first-order valence-corrected chi connectivity index (χ1v) is 8.11. The van der Waals surface area contributed by atoms with E-state index in [1.54, 1.807) is 0 Å². The van der Waals surface area contributed by atoms with Gasteiger partial charge in [-0.1, -0.05) is 12.8 Å². The van der Waals surface area contributed by atoms with Gasteiger partial charge < -0.3 is 5.11 Å². The molecule has 0 aromatic heterocycles. The molecule has 26 heavy (non-hydrogen) atoms. The summed E-state index contributed by atoms with van der Waals surface area (Å²) in [5.74, 6) is -2.45. The van der Waals surface area contributed by atoms with Crippen LogP contribution in [-0.2, 0) is 0 Å². The van der Waals surface area contributed by atoms with Gasteiger partial charge in [0.05, 0.1) is 10.8 Å². The second-order valence-electron chi connectivity index (χ2n) is 6.39. The zero-order valence-electron chi connectivity index (χ0n) is 13.6. The predicted octanol–water partition coefficient (Wildman–Crippen LogP) is 3.24. The molecule has 1 aromatic rings. The quantitative estimate of drug-likeness (QED) is 0.638. The van der Waals surface area contributed by atoms with Crippen molar-refractivity contribution < 1.29 is 28.0 Å². The fourth-order valence-corrected chi connectivity index (χ4v) is 3.44. The summed E-state index contributed by atoms with van der Waals surface area (Å²) in [4.78, 5) is 22.6. The molecule has 1 fully saturated rings. The van der Waals surface area contributed by atoms with Crippen LogP contribution in [-0.4, -0.2) is 38.6 Å². The number of hydrogen-bond donors (Lipinski definition) is 1. The molecule has 10 heteroatoms. The number of nitrogens with zero attached hydrogens (tertiary/aromatic N) is 3. The Hall–Kier alpha value is -2.49. The Bertz CT molecular complexity index is 763. The lowest BCUT2D eigenvalue weighted by Gasteiger charge is -2.37. The lowest BCUT2D eigenvalue weighted by Crippen LogP contribution is -2.61. The fourth-order valence-electron chi connectivity index (χ4n) is 3.44. The molecule has 2 atom stereocenters. The Morgan fingerprint density at radius 2 is 1.92 bits per heavy atom. The molecular formula is C16H16F3N3O4. The van der Waals surface area contributed by atoms with Gasteiger partial charge in [0.15, 0.2) is 0 Å². The zero-order valence-corrected chi connectivity index (χ0v) is 13.6. The van der Waals surface area contributed by atoms with Crippen molar-refractivity contribution in [3.05, 3.63) is 39.9 Å². The summed E-state index contributed by atoms with van der Waals surface area (Å²) >= 11 is 0. The summed E-state index contributed by atoms with van der Waals surface area (Å²) in [7, 11) is 0. The number of alkyl halides is 3. The monoisotopic (exact) mass is 371 g/mol. The molecule has 7 nitrogen and oxygen atoms in total. The summed E-state index contributed by atoms with van der Waals surface area (Å²) in [5.41, 5.74) is -3.77. The van der Waals surface area contributed by atoms with Gasteiger partial charge in [-0.3, -0.25) is 14.9 Å². The van der Waals surface area contributed by atoms with Gasteiger partial charge in [-0.15, -0.1) is 0 Å². The molecular weight excluding hydrogens is 355 g/mol. The molecule has 0 unspecified atom stereocenters. The van der Waals surface area contributed by atoms with Crippen molar-refractivity contribution in [3.8, 4) is 0 Å². The Balaban J connectivity index is 2.00. The Morgan fingerprint density at radius 3 is 2.50 bits per heavy atom. The summed E-state index contributed by atoms with van der Waals surface area (Å²) in [5, 5.41) is 25.1. The molecule has 1 aliphatic heterocycles. The van der Waals surface area contributed by atoms with Crippen LogP contribution in [0.2, 0.25) is 0 Å². The second-order valence-corrected chi connectivity index (χ2v) is 6.39. The van der Waals surface area contributed by atoms with Crippen LogP contribution in [0, 0.1) is 16.0 Å². The minimum absolute atomic E-state index is 0.0822. The molecule has 1 amide bonds. The molecule has 2 aliphatic rings. The minimum Gasteiger partial charge on any atom is -0.362 e. The van der Waals surface area contributed by atoms with Crippen molar-refractivity contribution >= 4 is 17.3 Å². The van der Waals surface area contributed by atoms with E-state index in [2.05, 4.69) is 5.10 Å². The first kappa shape index (κ1) is 18.3. The summed E-state index contributed by atoms with van der Waals surface area (Å²) < 4.78 is 41.2. The van der Waals surface area contributed by atoms with Crippen LogP contribution < -0.4 is 0 Å². The third-order valence-electron chi connectivity index (χ3n) is 4.80. The number of hydrazone groups is 1. The molecule has 1 heterocycles. The number of benzene rings is 1. The van der Waals surface area contributed by atoms with Crippen molar-refractivity contribution in [1.29, 1.82) is 0 Å². The van der Waals surface area contributed by atoms with E-state index in [4.69, 9.17) is 0 Å². The lowest BCUT2D eigenvalue weighted by atomic mass is 9.87. The van der Waals surface area contributed by atoms with Crippen LogP contribution in [0.3, 0.4) is 0 Å². The highest BCUT2D eigenvalue weighted by Gasteiger charge is 2.68. The third kappa shape index (κ3) is 2.83. The Kier molecular flexibility index (Phi) is 4.47. The van der Waals surface area contributed by atoms with Crippen LogP contribution in [0.1, 0.15) is 42.5 Å². The van der Waals surface area contributed by atoms with Crippen LogP contribution >= 0.6 is 0 Å². The molecule has 0 saturated heterocycles. The lowest BCUT2D eigenvalue weighted by molar-refractivity contribution is -0.384. The molecule has 0 radical (unpaired) electrons. The van der Waals surface area contributed by atoms with E-state index in [9.17, 15) is 33.2 Å². The standard InChI is InChI=1S/C16H16F3N3O4/c17-16(18,19)15(24)12-4-2-1-3-5-13(12)20-21(15)14(23)10-6-8-11(9-7-10)22(25)26/h6-9,12,24H,1-5H2/t12-,15+/m0/s1. The molecule has 140 valence electrons. The van der Waals surface area contributed by atoms with Gasteiger partial charge in [0.2, 0.25) is 0 Å². The van der Waals surface area contributed by atoms with Gasteiger partial charge >= 0.3 is 6.18 Å². The fraction of sp³-hybridized carbons (Fsp3) is 0.500. The van der Waals surface area contributed by atoms with Crippen molar-refractivity contribution in [2.24, 2.45) is 11.0 Å². The number of carbonyl (C=O) groups excluding carboxylic acids is 1. The van der Waals surface area contributed by atoms with Crippen LogP contribution in [0.15, 0.2) is 29.4 Å². The highest BCUT2D eigenvalue weighted by atomic mass is 19.4. The van der Waals surface area contributed by atoms with Gasteiger partial charge in [-0.2, -0.15) is 23.3 Å². The number of halogens is 3. The maximum atomic E-state index is 13.7. The SMILES string of the molecule is O=C(c1ccc([N+](=O)[O-])cc1)N1N=C2CCCCC[C@@H]2[C@@]1(O)C(F)(F)F. The molecule has 0 spiro atoms. The van der Waals surface area contributed by atoms with Gasteiger partial charge in [0.1, 0.15) is 0 Å². The van der Waals surface area contributed by atoms with E-state index in [0.29, 0.717) is 12.8 Å². The number of rotatable bonds is 2. The topological polar surface area (TPSA) is 96.0 Å². The first-order valence-electron chi connectivity index (χ1n) is 8.11. The average Bonchev–Trinajstić information content (AvgIpc) is 2.74. The maximum absolute atomic E-state index is 13.7. The molecule has 1 aliphatic carbocycles. The van der Waals surface area contributed by atoms with Gasteiger partial charge in [0, 0.05) is 23.4 Å². The van der Waals surface area contributed by atoms with Crippen LogP contribution in [0.25, 0.3) is 0 Å². The van der Waals surface area contributed by atoms with E-state index < -0.39 is 28.6 Å². The predicted molar refractivity (Wildman–Crippen MR) is 84.3 cm³/mol. The average molecular weight is 371 g/mol. The highest BCUT2D eigenvalue weighted by molar-refractivity contribution is 5.99. The number of amides is 1. The van der Waals surface area contributed by atoms with E-state index in [1.165, 1.54) is 0 Å². The first-order chi connectivity index (χ1) is 12.2. The summed E-state index contributed by atoms with van der Waals surface area (Å²) in [6.45, 7) is 0. The smallest absolute Gasteiger partial charge is 0.362 e. The number of non-ortho nitro benzene ring substituents is 1. The molecule has 3 rings (SSSR count). The van der Waals surface area contributed by atoms with Crippen molar-refractivity contribution in [1.82, 2.24) is 5.01 Å². The highest BCUT2D eigenvalue weighted by Crippen LogP contribution is 2.48. The van der Waals surface area contributed by atoms with E-state index >= 15 is 0 Å². The Morgan fingerprint density at radius 1 is 1.27 bits per heavy atom. The van der Waals surface area contributed by atoms with Gasteiger partial charge in [-0.25, -0.2) is 0 Å². The number of nitro benzene ring substituents is 1. The van der Waals surface area contributed by atoms with Crippen molar-refractivity contribution in [2.75, 3.05) is 0 Å². The summed E-state index contributed by atoms with van der Waals surface area (Å²) in [6.07, 6.45) is -2.85. The second kappa shape index (κ2) is 6.35. The summed E-state index contributed by atoms with van der Waals surface area (Å²) in [6, 6.07) is 4.12. The molecule has 0 bridgehead atoms. The number of aliphatic hydroxyl groups is 1. The molecule has 1 saturated carbocycles. The maximum Gasteiger partial charge on any atom is 0.439 e. The van der Waals surface area contributed by atoms with Crippen molar-refractivity contribution in [2.45, 2.75) is 44.0 Å². The molecule has 1 aromatic carbocycles. The van der Waals surface area contributed by atoms with Crippen LogP contribution in [0.4, 0.5) is 18.9 Å². The number of carbonyl (C=O) groups is 1. The third-order valence-corrected chi connectivity index (χ3v) is 4.80. The van der Waals surface area contributed by atoms with Crippen molar-refractivity contribution in [3.63, 3.8) is 0 Å². The normalized spacial score (nSPS) is 26.1. The van der Waals surface area contributed by atoms with Crippen LogP contribution in [0.5, 0.6) is 0 Å². The zero-order chi connectivity index (χ0) is 19.1. The van der Waals surface area contributed by atoms with Gasteiger partial charge in [0.25, 0.3) is 17.3 Å². The largest absolute Gasteiger partial charge is 0.439 e.